The second kappa shape index (κ2) is 22.7. The maximum absolute atomic E-state index is 5.65. The fourth-order valence-corrected chi connectivity index (χ4v) is 15.9. The summed E-state index contributed by atoms with van der Waals surface area (Å²) in [5, 5.41) is 4.77. The monoisotopic (exact) mass is 1190 g/mol. The predicted octanol–water partition coefficient (Wildman–Crippen LogP) is 23.7. The van der Waals surface area contributed by atoms with Crippen LogP contribution in [0.15, 0.2) is 231 Å². The second-order valence-electron chi connectivity index (χ2n) is 26.1. The van der Waals surface area contributed by atoms with Crippen LogP contribution in [-0.4, -0.2) is 19.1 Å². The lowest BCUT2D eigenvalue weighted by Crippen LogP contribution is -2.05. The Balaban J connectivity index is 1.06. The van der Waals surface area contributed by atoms with Crippen molar-refractivity contribution in [3.63, 3.8) is 0 Å². The maximum atomic E-state index is 5.65. The van der Waals surface area contributed by atoms with E-state index in [-0.39, 0.29) is 0 Å². The largest absolute Gasteiger partial charge is 0.309 e. The fourth-order valence-electron chi connectivity index (χ4n) is 15.9. The summed E-state index contributed by atoms with van der Waals surface area (Å²) in [5.41, 5.74) is 38.5. The van der Waals surface area contributed by atoms with E-state index >= 15 is 0 Å². The zero-order valence-electron chi connectivity index (χ0n) is 54.7. The van der Waals surface area contributed by atoms with Crippen LogP contribution in [-0.2, 0) is 0 Å². The molecule has 12 aromatic carbocycles. The summed E-state index contributed by atoms with van der Waals surface area (Å²) < 4.78 is 5.05. The van der Waals surface area contributed by atoms with Gasteiger partial charge in [-0.25, -0.2) is 9.97 Å². The smallest absolute Gasteiger partial charge is 0.161 e. The normalized spacial score (nSPS) is 11.7. The molecule has 0 spiro atoms. The minimum absolute atomic E-state index is 0.641. The highest BCUT2D eigenvalue weighted by Crippen LogP contribution is 2.48. The molecule has 0 saturated carbocycles. The Morgan fingerprint density at radius 2 is 0.522 bits per heavy atom. The molecule has 3 heterocycles. The molecule has 0 aliphatic rings. The molecule has 15 rings (SSSR count). The first-order valence-corrected chi connectivity index (χ1v) is 32.3. The number of nitrogens with zero attached hydrogens (tertiary/aromatic N) is 4. The summed E-state index contributed by atoms with van der Waals surface area (Å²) >= 11 is 0. The van der Waals surface area contributed by atoms with Gasteiger partial charge < -0.3 is 9.13 Å². The molecule has 92 heavy (non-hydrogen) atoms. The number of aryl methyl sites for hydroxylation is 12. The van der Waals surface area contributed by atoms with E-state index < -0.39 is 0 Å². The average molecular weight is 1190 g/mol. The van der Waals surface area contributed by atoms with E-state index in [2.05, 4.69) is 323 Å². The highest BCUT2D eigenvalue weighted by Gasteiger charge is 2.27. The third-order valence-electron chi connectivity index (χ3n) is 19.2. The minimum Gasteiger partial charge on any atom is -0.309 e. The Bertz CT molecular complexity index is 5140. The molecule has 0 fully saturated rings. The molecule has 446 valence electrons. The molecule has 0 saturated heterocycles. The van der Waals surface area contributed by atoms with Gasteiger partial charge in [0.15, 0.2) is 5.82 Å². The van der Waals surface area contributed by atoms with Gasteiger partial charge in [-0.3, -0.25) is 0 Å². The first kappa shape index (κ1) is 57.7. The van der Waals surface area contributed by atoms with Gasteiger partial charge in [0.05, 0.1) is 44.8 Å². The Morgan fingerprint density at radius 1 is 0.228 bits per heavy atom. The molecule has 15 aromatic rings. The third-order valence-corrected chi connectivity index (χ3v) is 19.2. The van der Waals surface area contributed by atoms with Gasteiger partial charge in [-0.2, -0.15) is 0 Å². The van der Waals surface area contributed by atoms with Crippen LogP contribution in [0.3, 0.4) is 0 Å². The van der Waals surface area contributed by atoms with Crippen molar-refractivity contribution >= 4 is 43.6 Å². The van der Waals surface area contributed by atoms with Gasteiger partial charge in [0.1, 0.15) is 0 Å². The first-order chi connectivity index (χ1) is 44.5. The van der Waals surface area contributed by atoms with Gasteiger partial charge in [0, 0.05) is 49.4 Å². The van der Waals surface area contributed by atoms with Crippen molar-refractivity contribution in [2.75, 3.05) is 0 Å². The van der Waals surface area contributed by atoms with Gasteiger partial charge in [-0.05, 0) is 239 Å². The molecule has 4 nitrogen and oxygen atoms in total. The standard InChI is InChI=1S/C88H74N4/c1-51-38-55(5)83(56(6)39-51)65-30-34-78-71(46-65)72-47-66(84-57(7)40-52(2)41-58(84)8)31-35-79(72)91(78)77-28-20-19-26-69(77)87-70(88-89-75(63-22-15-13-16-23-63)50-76(90-88)64-24-17-14-18-25-64)27-21-29-82(87)92-80-36-32-67(85-59(9)42-53(3)43-60(85)10)48-73(80)74-49-68(33-37-81(74)92)86-61(11)44-54(4)45-62(86)12/h13-50H,1-12H3. The van der Waals surface area contributed by atoms with Crippen molar-refractivity contribution < 1.29 is 0 Å². The average Bonchev–Trinajstić information content (AvgIpc) is 1.54. The second-order valence-corrected chi connectivity index (χ2v) is 26.1. The van der Waals surface area contributed by atoms with E-state index in [4.69, 9.17) is 9.97 Å². The van der Waals surface area contributed by atoms with E-state index in [0.717, 1.165) is 72.6 Å². The molecular weight excluding hydrogens is 1110 g/mol. The van der Waals surface area contributed by atoms with Crippen molar-refractivity contribution in [1.29, 1.82) is 0 Å². The van der Waals surface area contributed by atoms with E-state index in [9.17, 15) is 0 Å². The summed E-state index contributed by atoms with van der Waals surface area (Å²) in [6, 6.07) is 86.2. The van der Waals surface area contributed by atoms with Crippen molar-refractivity contribution in [1.82, 2.24) is 19.1 Å². The quantitative estimate of drug-likeness (QED) is 0.137. The Morgan fingerprint density at radius 3 is 0.870 bits per heavy atom. The summed E-state index contributed by atoms with van der Waals surface area (Å²) in [7, 11) is 0. The highest BCUT2D eigenvalue weighted by atomic mass is 15.0. The molecule has 0 atom stereocenters. The van der Waals surface area contributed by atoms with Crippen molar-refractivity contribution in [2.24, 2.45) is 0 Å². The number of para-hydroxylation sites is 1. The van der Waals surface area contributed by atoms with Crippen molar-refractivity contribution in [3.8, 4) is 101 Å². The van der Waals surface area contributed by atoms with Crippen LogP contribution >= 0.6 is 0 Å². The van der Waals surface area contributed by atoms with Crippen LogP contribution in [0.2, 0.25) is 0 Å². The Kier molecular flexibility index (Phi) is 14.2. The molecule has 0 radical (unpaired) electrons. The van der Waals surface area contributed by atoms with Crippen LogP contribution in [0.5, 0.6) is 0 Å². The van der Waals surface area contributed by atoms with Crippen LogP contribution in [0.25, 0.3) is 145 Å². The number of rotatable bonds is 10. The van der Waals surface area contributed by atoms with Crippen molar-refractivity contribution in [2.45, 2.75) is 83.1 Å². The molecule has 0 N–H and O–H groups in total. The lowest BCUT2D eigenvalue weighted by Gasteiger charge is -2.22. The van der Waals surface area contributed by atoms with Crippen LogP contribution in [0.1, 0.15) is 66.8 Å². The molecule has 3 aromatic heterocycles. The zero-order valence-corrected chi connectivity index (χ0v) is 54.7. The zero-order chi connectivity index (χ0) is 63.4. The number of hydrogen-bond donors (Lipinski definition) is 0. The van der Waals surface area contributed by atoms with Gasteiger partial charge in [-0.15, -0.1) is 0 Å². The SMILES string of the molecule is Cc1cc(C)c(-c2ccc3c(c2)c2cc(-c4c(C)cc(C)cc4C)ccc2n3-c2ccccc2-c2c(-c3nc(-c4ccccc4)cc(-c4ccccc4)n3)cccc2-n2c3ccc(-c4c(C)cc(C)cc4C)cc3c3cc(-c4c(C)cc(C)cc4C)ccc32)c(C)c1. The number of aromatic nitrogens is 4. The van der Waals surface area contributed by atoms with Crippen molar-refractivity contribution in [3.05, 3.63) is 297 Å². The van der Waals surface area contributed by atoms with Gasteiger partial charge in [0.2, 0.25) is 0 Å². The summed E-state index contributed by atoms with van der Waals surface area (Å²) in [4.78, 5) is 11.3. The highest BCUT2D eigenvalue weighted by molar-refractivity contribution is 6.15. The van der Waals surface area contributed by atoms with E-state index in [1.54, 1.807) is 0 Å². The Hall–Kier alpha value is -10.7. The summed E-state index contributed by atoms with van der Waals surface area (Å²) in [6.07, 6.45) is 0. The van der Waals surface area contributed by atoms with Crippen LogP contribution in [0, 0.1) is 83.1 Å². The van der Waals surface area contributed by atoms with Gasteiger partial charge >= 0.3 is 0 Å². The molecule has 4 heteroatoms. The first-order valence-electron chi connectivity index (χ1n) is 32.3. The molecule has 0 aliphatic carbocycles. The summed E-state index contributed by atoms with van der Waals surface area (Å²) in [6.45, 7) is 26.8. The number of hydrogen-bond acceptors (Lipinski definition) is 2. The van der Waals surface area contributed by atoms with Crippen LogP contribution in [0.4, 0.5) is 0 Å². The Labute approximate surface area is 540 Å². The number of fused-ring (bicyclic) bond motifs is 6. The maximum Gasteiger partial charge on any atom is 0.161 e. The van der Waals surface area contributed by atoms with E-state index in [1.807, 2.05) is 0 Å². The van der Waals surface area contributed by atoms with E-state index in [0.29, 0.717) is 5.82 Å². The lowest BCUT2D eigenvalue weighted by atomic mass is 9.91. The minimum atomic E-state index is 0.641. The third kappa shape index (κ3) is 9.84. The molecule has 0 unspecified atom stereocenters. The molecule has 0 aliphatic heterocycles. The molecule has 0 bridgehead atoms. The lowest BCUT2D eigenvalue weighted by molar-refractivity contribution is 1.15. The summed E-state index contributed by atoms with van der Waals surface area (Å²) in [5.74, 6) is 0.641. The predicted molar refractivity (Wildman–Crippen MR) is 391 cm³/mol. The van der Waals surface area contributed by atoms with Gasteiger partial charge in [0.25, 0.3) is 0 Å². The molecule has 0 amide bonds. The topological polar surface area (TPSA) is 35.6 Å². The fraction of sp³-hybridized carbons (Fsp3) is 0.136. The number of benzene rings is 12. The van der Waals surface area contributed by atoms with Gasteiger partial charge in [-0.1, -0.05) is 186 Å². The van der Waals surface area contributed by atoms with E-state index in [1.165, 1.54) is 133 Å². The molecular formula is C88H74N4. The van der Waals surface area contributed by atoms with Crippen LogP contribution < -0.4 is 0 Å².